The Morgan fingerprint density at radius 2 is 2.04 bits per heavy atom. The smallest absolute Gasteiger partial charge is 0.270 e. The van der Waals surface area contributed by atoms with Gasteiger partial charge in [0.05, 0.1) is 16.3 Å². The molecule has 1 aliphatic rings. The van der Waals surface area contributed by atoms with Crippen LogP contribution in [-0.4, -0.2) is 32.3 Å². The SMILES string of the molecule is CC1CCN(Cc2c(-c3cccc([N+](=O)[O-])c3)nc3ccc(N)cn23)CC1. The lowest BCUT2D eigenvalue weighted by molar-refractivity contribution is -0.384. The van der Waals surface area contributed by atoms with Crippen molar-refractivity contribution in [3.05, 3.63) is 58.4 Å². The fourth-order valence-corrected chi connectivity index (χ4v) is 3.69. The second-order valence-corrected chi connectivity index (χ2v) is 7.36. The van der Waals surface area contributed by atoms with Crippen molar-refractivity contribution in [2.24, 2.45) is 5.92 Å². The first kappa shape index (κ1) is 17.5. The molecule has 27 heavy (non-hydrogen) atoms. The van der Waals surface area contributed by atoms with Gasteiger partial charge < -0.3 is 10.1 Å². The summed E-state index contributed by atoms with van der Waals surface area (Å²) in [6.45, 7) is 5.13. The molecular weight excluding hydrogens is 342 g/mol. The lowest BCUT2D eigenvalue weighted by Crippen LogP contribution is -2.32. The van der Waals surface area contributed by atoms with Crippen molar-refractivity contribution >= 4 is 17.0 Å². The Hall–Kier alpha value is -2.93. The van der Waals surface area contributed by atoms with Crippen LogP contribution in [0.15, 0.2) is 42.6 Å². The maximum absolute atomic E-state index is 11.2. The zero-order chi connectivity index (χ0) is 19.0. The summed E-state index contributed by atoms with van der Waals surface area (Å²) < 4.78 is 2.02. The average molecular weight is 365 g/mol. The molecular formula is C20H23N5O2. The molecule has 3 heterocycles. The van der Waals surface area contributed by atoms with E-state index in [1.54, 1.807) is 12.1 Å². The summed E-state index contributed by atoms with van der Waals surface area (Å²) >= 11 is 0. The van der Waals surface area contributed by atoms with Crippen LogP contribution in [0.5, 0.6) is 0 Å². The van der Waals surface area contributed by atoms with Crippen LogP contribution in [0.4, 0.5) is 11.4 Å². The summed E-state index contributed by atoms with van der Waals surface area (Å²) in [6, 6.07) is 10.4. The molecule has 0 amide bonds. The number of nitro benzene ring substituents is 1. The van der Waals surface area contributed by atoms with E-state index in [-0.39, 0.29) is 10.6 Å². The van der Waals surface area contributed by atoms with Gasteiger partial charge >= 0.3 is 0 Å². The number of rotatable bonds is 4. The molecule has 1 fully saturated rings. The number of piperidine rings is 1. The van der Waals surface area contributed by atoms with Gasteiger partial charge in [-0.3, -0.25) is 15.0 Å². The van der Waals surface area contributed by atoms with E-state index >= 15 is 0 Å². The van der Waals surface area contributed by atoms with E-state index in [4.69, 9.17) is 10.7 Å². The highest BCUT2D eigenvalue weighted by Gasteiger charge is 2.21. The fraction of sp³-hybridized carbons (Fsp3) is 0.350. The number of imidazole rings is 1. The van der Waals surface area contributed by atoms with E-state index in [0.29, 0.717) is 5.69 Å². The number of likely N-dealkylation sites (tertiary alicyclic amines) is 1. The molecule has 0 radical (unpaired) electrons. The van der Waals surface area contributed by atoms with Crippen molar-refractivity contribution < 1.29 is 4.92 Å². The van der Waals surface area contributed by atoms with Crippen LogP contribution in [0.25, 0.3) is 16.9 Å². The molecule has 1 saturated heterocycles. The Balaban J connectivity index is 1.79. The summed E-state index contributed by atoms with van der Waals surface area (Å²) in [7, 11) is 0. The van der Waals surface area contributed by atoms with Gasteiger partial charge in [-0.2, -0.15) is 0 Å². The largest absolute Gasteiger partial charge is 0.398 e. The number of fused-ring (bicyclic) bond motifs is 1. The maximum atomic E-state index is 11.2. The molecule has 4 rings (SSSR count). The van der Waals surface area contributed by atoms with Crippen molar-refractivity contribution in [3.8, 4) is 11.3 Å². The Kier molecular flexibility index (Phi) is 4.53. The van der Waals surface area contributed by atoms with Gasteiger partial charge in [0, 0.05) is 36.1 Å². The topological polar surface area (TPSA) is 89.7 Å². The average Bonchev–Trinajstić information content (AvgIpc) is 3.01. The lowest BCUT2D eigenvalue weighted by atomic mass is 9.99. The standard InChI is InChI=1S/C20H23N5O2/c1-14-7-9-23(10-8-14)13-18-20(15-3-2-4-17(11-15)25(26)27)22-19-6-5-16(21)12-24(18)19/h2-6,11-12,14H,7-10,13,21H2,1H3. The molecule has 0 atom stereocenters. The quantitative estimate of drug-likeness (QED) is 0.562. The maximum Gasteiger partial charge on any atom is 0.270 e. The van der Waals surface area contributed by atoms with E-state index in [2.05, 4.69) is 11.8 Å². The molecule has 2 aromatic heterocycles. The Labute approximate surface area is 157 Å². The first-order valence-electron chi connectivity index (χ1n) is 9.25. The van der Waals surface area contributed by atoms with Crippen LogP contribution in [0.1, 0.15) is 25.5 Å². The molecule has 0 unspecified atom stereocenters. The zero-order valence-corrected chi connectivity index (χ0v) is 15.3. The van der Waals surface area contributed by atoms with E-state index in [9.17, 15) is 10.1 Å². The monoisotopic (exact) mass is 365 g/mol. The second kappa shape index (κ2) is 7.00. The highest BCUT2D eigenvalue weighted by atomic mass is 16.6. The Morgan fingerprint density at radius 3 is 2.78 bits per heavy atom. The van der Waals surface area contributed by atoms with Gasteiger partial charge in [-0.1, -0.05) is 19.1 Å². The van der Waals surface area contributed by atoms with E-state index in [1.807, 2.05) is 28.8 Å². The normalized spacial score (nSPS) is 16.0. The highest BCUT2D eigenvalue weighted by Crippen LogP contribution is 2.30. The van der Waals surface area contributed by atoms with Crippen molar-refractivity contribution in [2.75, 3.05) is 18.8 Å². The number of anilines is 1. The zero-order valence-electron chi connectivity index (χ0n) is 15.3. The minimum absolute atomic E-state index is 0.0711. The fourth-order valence-electron chi connectivity index (χ4n) is 3.69. The molecule has 140 valence electrons. The lowest BCUT2D eigenvalue weighted by Gasteiger charge is -2.30. The predicted octanol–water partition coefficient (Wildman–Crippen LogP) is 3.72. The van der Waals surface area contributed by atoms with Crippen LogP contribution < -0.4 is 5.73 Å². The number of hydrogen-bond acceptors (Lipinski definition) is 5. The molecule has 7 heteroatoms. The molecule has 7 nitrogen and oxygen atoms in total. The van der Waals surface area contributed by atoms with Crippen LogP contribution in [-0.2, 0) is 6.54 Å². The van der Waals surface area contributed by atoms with Crippen LogP contribution in [0.2, 0.25) is 0 Å². The summed E-state index contributed by atoms with van der Waals surface area (Å²) in [4.78, 5) is 18.0. The number of non-ortho nitro benzene ring substituents is 1. The molecule has 1 aliphatic heterocycles. The van der Waals surface area contributed by atoms with Gasteiger partial charge in [-0.05, 0) is 44.0 Å². The third-order valence-corrected chi connectivity index (χ3v) is 5.32. The van der Waals surface area contributed by atoms with Gasteiger partial charge in [0.15, 0.2) is 0 Å². The van der Waals surface area contributed by atoms with E-state index < -0.39 is 0 Å². The van der Waals surface area contributed by atoms with Crippen LogP contribution in [0.3, 0.4) is 0 Å². The summed E-state index contributed by atoms with van der Waals surface area (Å²) in [5.74, 6) is 0.760. The van der Waals surface area contributed by atoms with Crippen molar-refractivity contribution in [3.63, 3.8) is 0 Å². The number of nitrogen functional groups attached to an aromatic ring is 1. The van der Waals surface area contributed by atoms with E-state index in [0.717, 1.165) is 48.2 Å². The number of nitrogens with two attached hydrogens (primary N) is 1. The Bertz CT molecular complexity index is 989. The number of benzene rings is 1. The van der Waals surface area contributed by atoms with Gasteiger partial charge in [-0.25, -0.2) is 4.98 Å². The van der Waals surface area contributed by atoms with Gasteiger partial charge in [0.1, 0.15) is 5.65 Å². The molecule has 0 aliphatic carbocycles. The molecule has 2 N–H and O–H groups in total. The number of aromatic nitrogens is 2. The first-order chi connectivity index (χ1) is 13.0. The molecule has 3 aromatic rings. The van der Waals surface area contributed by atoms with Crippen molar-refractivity contribution in [2.45, 2.75) is 26.3 Å². The number of hydrogen-bond donors (Lipinski definition) is 1. The van der Waals surface area contributed by atoms with Crippen molar-refractivity contribution in [1.82, 2.24) is 14.3 Å². The number of nitrogens with zero attached hydrogens (tertiary/aromatic N) is 4. The first-order valence-corrected chi connectivity index (χ1v) is 9.25. The summed E-state index contributed by atoms with van der Waals surface area (Å²) in [5, 5.41) is 11.2. The molecule has 0 saturated carbocycles. The van der Waals surface area contributed by atoms with Gasteiger partial charge in [0.25, 0.3) is 5.69 Å². The number of pyridine rings is 1. The third kappa shape index (κ3) is 3.50. The van der Waals surface area contributed by atoms with Gasteiger partial charge in [-0.15, -0.1) is 0 Å². The second-order valence-electron chi connectivity index (χ2n) is 7.36. The number of nitro groups is 1. The van der Waals surface area contributed by atoms with E-state index in [1.165, 1.54) is 18.9 Å². The predicted molar refractivity (Wildman–Crippen MR) is 105 cm³/mol. The highest BCUT2D eigenvalue weighted by molar-refractivity contribution is 5.69. The van der Waals surface area contributed by atoms with Crippen LogP contribution >= 0.6 is 0 Å². The Morgan fingerprint density at radius 1 is 1.26 bits per heavy atom. The van der Waals surface area contributed by atoms with Crippen molar-refractivity contribution in [1.29, 1.82) is 0 Å². The summed E-state index contributed by atoms with van der Waals surface area (Å²) in [6.07, 6.45) is 4.25. The minimum Gasteiger partial charge on any atom is -0.398 e. The van der Waals surface area contributed by atoms with Crippen LogP contribution in [0, 0.1) is 16.0 Å². The molecule has 1 aromatic carbocycles. The van der Waals surface area contributed by atoms with Gasteiger partial charge in [0.2, 0.25) is 0 Å². The minimum atomic E-state index is -0.372. The molecule has 0 bridgehead atoms. The molecule has 0 spiro atoms. The third-order valence-electron chi connectivity index (χ3n) is 5.32. The summed E-state index contributed by atoms with van der Waals surface area (Å²) in [5.41, 5.74) is 10.1.